The fourth-order valence-corrected chi connectivity index (χ4v) is 2.60. The maximum atomic E-state index is 9.33. The molecule has 0 spiro atoms. The van der Waals surface area contributed by atoms with E-state index in [9.17, 15) is 5.11 Å². The van der Waals surface area contributed by atoms with E-state index >= 15 is 0 Å². The number of hydrogen-bond acceptors (Lipinski definition) is 3. The van der Waals surface area contributed by atoms with Gasteiger partial charge in [-0.05, 0) is 36.4 Å². The smallest absolute Gasteiger partial charge is 0.139 e. The second-order valence-electron chi connectivity index (χ2n) is 6.11. The van der Waals surface area contributed by atoms with Crippen LogP contribution in [-0.2, 0) is 11.5 Å². The third-order valence-corrected chi connectivity index (χ3v) is 4.79. The van der Waals surface area contributed by atoms with Gasteiger partial charge in [-0.1, -0.05) is 19.6 Å². The first kappa shape index (κ1) is 14.8. The lowest BCUT2D eigenvalue weighted by atomic mass is 10.1. The predicted octanol–water partition coefficient (Wildman–Crippen LogP) is 3.57. The van der Waals surface area contributed by atoms with Crippen LogP contribution >= 0.6 is 0 Å². The predicted molar refractivity (Wildman–Crippen MR) is 83.4 cm³/mol. The number of phenolic OH excluding ortho intramolecular Hbond substituents is 1. The summed E-state index contributed by atoms with van der Waals surface area (Å²) in [6.45, 7) is 8.27. The number of aromatic hydroxyl groups is 1. The summed E-state index contributed by atoms with van der Waals surface area (Å²) in [5, 5.41) is 13.6. The average Bonchev–Trinajstić information content (AvgIpc) is 2.83. The molecule has 2 rings (SSSR count). The molecular weight excluding hydrogens is 268 g/mol. The van der Waals surface area contributed by atoms with E-state index in [1.165, 1.54) is 0 Å². The molecule has 0 radical (unpaired) electrons. The first-order valence-corrected chi connectivity index (χ1v) is 10.6. The van der Waals surface area contributed by atoms with E-state index in [4.69, 9.17) is 4.74 Å². The van der Waals surface area contributed by atoms with Crippen molar-refractivity contribution < 1.29 is 9.84 Å². The Hall–Kier alpha value is -1.59. The summed E-state index contributed by atoms with van der Waals surface area (Å²) < 4.78 is 7.57. The third-order valence-electron chi connectivity index (χ3n) is 3.09. The normalized spacial score (nSPS) is 11.8. The molecule has 0 fully saturated rings. The number of aromatic nitrogens is 2. The van der Waals surface area contributed by atoms with Crippen molar-refractivity contribution in [2.24, 2.45) is 0 Å². The lowest BCUT2D eigenvalue weighted by Crippen LogP contribution is -2.22. The molecule has 2 aromatic rings. The minimum absolute atomic E-state index is 0.270. The molecule has 0 aliphatic carbocycles. The van der Waals surface area contributed by atoms with E-state index in [1.54, 1.807) is 18.3 Å². The van der Waals surface area contributed by atoms with Crippen molar-refractivity contribution in [2.75, 3.05) is 6.61 Å². The van der Waals surface area contributed by atoms with Gasteiger partial charge in [-0.15, -0.1) is 0 Å². The van der Waals surface area contributed by atoms with Gasteiger partial charge in [0.15, 0.2) is 0 Å². The van der Waals surface area contributed by atoms with Crippen LogP contribution in [0.25, 0.3) is 11.3 Å². The average molecular weight is 290 g/mol. The summed E-state index contributed by atoms with van der Waals surface area (Å²) in [5.41, 5.74) is 2.02. The van der Waals surface area contributed by atoms with Crippen LogP contribution in [0, 0.1) is 0 Å². The highest BCUT2D eigenvalue weighted by atomic mass is 28.3. The molecule has 1 aromatic heterocycles. The standard InChI is InChI=1S/C15H22N2O2Si/c1-20(2,3)11-10-19-12-17-15(8-9-16-17)13-4-6-14(18)7-5-13/h4-9,18H,10-12H2,1-3H3. The Labute approximate surface area is 121 Å². The molecule has 0 aliphatic rings. The fourth-order valence-electron chi connectivity index (χ4n) is 1.84. The first-order valence-electron chi connectivity index (χ1n) is 6.85. The summed E-state index contributed by atoms with van der Waals surface area (Å²) in [4.78, 5) is 0. The zero-order valence-electron chi connectivity index (χ0n) is 12.3. The Morgan fingerprint density at radius 1 is 1.15 bits per heavy atom. The zero-order chi connectivity index (χ0) is 14.6. The Morgan fingerprint density at radius 2 is 1.85 bits per heavy atom. The lowest BCUT2D eigenvalue weighted by Gasteiger charge is -2.15. The highest BCUT2D eigenvalue weighted by Gasteiger charge is 2.12. The molecule has 0 atom stereocenters. The summed E-state index contributed by atoms with van der Waals surface area (Å²) in [7, 11) is -1.05. The number of hydrogen-bond donors (Lipinski definition) is 1. The Kier molecular flexibility index (Phi) is 4.62. The minimum atomic E-state index is -1.05. The van der Waals surface area contributed by atoms with Crippen LogP contribution in [0.15, 0.2) is 36.5 Å². The molecule has 0 aliphatic heterocycles. The van der Waals surface area contributed by atoms with Crippen LogP contribution in [0.2, 0.25) is 25.7 Å². The van der Waals surface area contributed by atoms with Gasteiger partial charge in [-0.25, -0.2) is 4.68 Å². The second-order valence-corrected chi connectivity index (χ2v) is 11.7. The number of phenols is 1. The van der Waals surface area contributed by atoms with Gasteiger partial charge in [-0.2, -0.15) is 5.10 Å². The highest BCUT2D eigenvalue weighted by molar-refractivity contribution is 6.76. The number of ether oxygens (including phenoxy) is 1. The molecule has 1 N–H and O–H groups in total. The largest absolute Gasteiger partial charge is 0.508 e. The van der Waals surface area contributed by atoms with Crippen molar-refractivity contribution in [1.29, 1.82) is 0 Å². The molecule has 108 valence electrons. The van der Waals surface area contributed by atoms with Crippen LogP contribution in [0.1, 0.15) is 0 Å². The van der Waals surface area contributed by atoms with Gasteiger partial charge < -0.3 is 9.84 Å². The van der Waals surface area contributed by atoms with Crippen molar-refractivity contribution in [3.05, 3.63) is 36.5 Å². The van der Waals surface area contributed by atoms with Gasteiger partial charge >= 0.3 is 0 Å². The molecule has 5 heteroatoms. The second kappa shape index (κ2) is 6.24. The van der Waals surface area contributed by atoms with Gasteiger partial charge in [0, 0.05) is 26.4 Å². The molecular formula is C15H22N2O2Si. The molecule has 0 saturated heterocycles. The fraction of sp³-hybridized carbons (Fsp3) is 0.400. The van der Waals surface area contributed by atoms with Crippen LogP contribution in [0.4, 0.5) is 0 Å². The zero-order valence-corrected chi connectivity index (χ0v) is 13.3. The first-order chi connectivity index (χ1) is 9.46. The van der Waals surface area contributed by atoms with Crippen molar-refractivity contribution >= 4 is 8.07 Å². The monoisotopic (exact) mass is 290 g/mol. The van der Waals surface area contributed by atoms with Gasteiger partial charge in [0.05, 0.1) is 5.69 Å². The molecule has 0 amide bonds. The summed E-state index contributed by atoms with van der Waals surface area (Å²) in [5.74, 6) is 0.270. The molecule has 20 heavy (non-hydrogen) atoms. The number of rotatable bonds is 6. The van der Waals surface area contributed by atoms with Gasteiger partial charge in [0.2, 0.25) is 0 Å². The molecule has 0 unspecified atom stereocenters. The number of benzene rings is 1. The maximum absolute atomic E-state index is 9.33. The quantitative estimate of drug-likeness (QED) is 0.653. The maximum Gasteiger partial charge on any atom is 0.139 e. The van der Waals surface area contributed by atoms with Gasteiger partial charge in [-0.3, -0.25) is 0 Å². The van der Waals surface area contributed by atoms with Gasteiger partial charge in [0.25, 0.3) is 0 Å². The molecule has 0 saturated carbocycles. The van der Waals surface area contributed by atoms with Crippen molar-refractivity contribution in [1.82, 2.24) is 9.78 Å². The number of nitrogens with zero attached hydrogens (tertiary/aromatic N) is 2. The SMILES string of the molecule is C[Si](C)(C)CCOCn1nccc1-c1ccc(O)cc1. The van der Waals surface area contributed by atoms with E-state index in [0.29, 0.717) is 6.73 Å². The topological polar surface area (TPSA) is 47.3 Å². The molecule has 4 nitrogen and oxygen atoms in total. The highest BCUT2D eigenvalue weighted by Crippen LogP contribution is 2.21. The summed E-state index contributed by atoms with van der Waals surface area (Å²) >= 11 is 0. The summed E-state index contributed by atoms with van der Waals surface area (Å²) in [6.07, 6.45) is 1.77. The molecule has 1 aromatic carbocycles. The van der Waals surface area contributed by atoms with Crippen LogP contribution < -0.4 is 0 Å². The van der Waals surface area contributed by atoms with Crippen LogP contribution in [0.5, 0.6) is 5.75 Å². The van der Waals surface area contributed by atoms with E-state index < -0.39 is 8.07 Å². The minimum Gasteiger partial charge on any atom is -0.508 e. The lowest BCUT2D eigenvalue weighted by molar-refractivity contribution is 0.0798. The molecule has 1 heterocycles. The van der Waals surface area contributed by atoms with Crippen LogP contribution in [-0.4, -0.2) is 29.6 Å². The van der Waals surface area contributed by atoms with Crippen molar-refractivity contribution in [2.45, 2.75) is 32.4 Å². The Balaban J connectivity index is 1.97. The van der Waals surface area contributed by atoms with E-state index in [-0.39, 0.29) is 5.75 Å². The Bertz CT molecular complexity index is 544. The summed E-state index contributed by atoms with van der Waals surface area (Å²) in [6, 6.07) is 10.2. The van der Waals surface area contributed by atoms with E-state index in [1.807, 2.05) is 22.9 Å². The molecule has 0 bridgehead atoms. The van der Waals surface area contributed by atoms with Crippen molar-refractivity contribution in [3.8, 4) is 17.0 Å². The third kappa shape index (κ3) is 4.21. The van der Waals surface area contributed by atoms with E-state index in [2.05, 4.69) is 24.7 Å². The van der Waals surface area contributed by atoms with Crippen LogP contribution in [0.3, 0.4) is 0 Å². The van der Waals surface area contributed by atoms with Crippen molar-refractivity contribution in [3.63, 3.8) is 0 Å². The van der Waals surface area contributed by atoms with E-state index in [0.717, 1.165) is 23.9 Å². The Morgan fingerprint density at radius 3 is 2.50 bits per heavy atom. The van der Waals surface area contributed by atoms with Gasteiger partial charge in [0.1, 0.15) is 12.5 Å².